The molecule has 2 aliphatic heterocycles. The maximum Gasteiger partial charge on any atom is 0.227 e. The summed E-state index contributed by atoms with van der Waals surface area (Å²) in [5.74, 6) is 2.92. The van der Waals surface area contributed by atoms with E-state index in [4.69, 9.17) is 19.9 Å². The number of hydrogen-bond donors (Lipinski definition) is 10. The van der Waals surface area contributed by atoms with Crippen LogP contribution < -0.4 is 10.6 Å². The Morgan fingerprint density at radius 3 is 0.953 bits per heavy atom. The maximum absolute atomic E-state index is 12.6. The highest BCUT2D eigenvalue weighted by Crippen LogP contribution is 2.41. The molecule has 25 aromatic rings. The van der Waals surface area contributed by atoms with Crippen molar-refractivity contribution in [2.45, 2.75) is 84.0 Å². The molecule has 1 saturated carbocycles. The summed E-state index contributed by atoms with van der Waals surface area (Å²) < 4.78 is 0. The fraction of sp³-hybridized carbons (Fsp3) is 0.154. The highest BCUT2D eigenvalue weighted by atomic mass is 16.1. The van der Waals surface area contributed by atoms with E-state index in [1.165, 1.54) is 75.0 Å². The van der Waals surface area contributed by atoms with Crippen molar-refractivity contribution >= 4 is 99.3 Å². The zero-order valence-corrected chi connectivity index (χ0v) is 81.4. The van der Waals surface area contributed by atoms with E-state index in [1.807, 2.05) is 153 Å². The summed E-state index contributed by atoms with van der Waals surface area (Å²) in [4.78, 5) is 104. The average Bonchev–Trinajstić information content (AvgIpc) is 1.62. The Morgan fingerprint density at radius 2 is 0.593 bits per heavy atom. The zero-order valence-electron chi connectivity index (χ0n) is 81.4. The van der Waals surface area contributed by atoms with E-state index >= 15 is 0 Å². The lowest BCUT2D eigenvalue weighted by Gasteiger charge is -2.26. The van der Waals surface area contributed by atoms with Gasteiger partial charge >= 0.3 is 0 Å². The van der Waals surface area contributed by atoms with Crippen molar-refractivity contribution in [3.8, 4) is 135 Å². The summed E-state index contributed by atoms with van der Waals surface area (Å²) in [5.41, 5.74) is 35.1. The molecular formula is C117H98N32O. The van der Waals surface area contributed by atoms with Crippen molar-refractivity contribution in [3.05, 3.63) is 347 Å². The summed E-state index contributed by atoms with van der Waals surface area (Å²) in [6.07, 6.45) is 54.5. The Labute approximate surface area is 857 Å². The molecule has 150 heavy (non-hydrogen) atoms. The van der Waals surface area contributed by atoms with Crippen LogP contribution in [0.3, 0.4) is 0 Å². The van der Waals surface area contributed by atoms with Crippen molar-refractivity contribution in [2.75, 3.05) is 31.5 Å². The van der Waals surface area contributed by atoms with Crippen LogP contribution in [0.25, 0.3) is 223 Å². The molecule has 1 aliphatic carbocycles. The number of fused-ring (bicyclic) bond motifs is 8. The summed E-state index contributed by atoms with van der Waals surface area (Å²) in [7, 11) is 0. The van der Waals surface area contributed by atoms with Crippen LogP contribution in [0.5, 0.6) is 0 Å². The molecule has 28 rings (SSSR count). The lowest BCUT2D eigenvalue weighted by molar-refractivity contribution is -0.119. The first-order valence-corrected chi connectivity index (χ1v) is 50.4. The number of carbonyl (C=O) groups is 1. The smallest absolute Gasteiger partial charge is 0.227 e. The van der Waals surface area contributed by atoms with Crippen LogP contribution in [0.15, 0.2) is 325 Å². The molecular weight excluding hydrogens is 1870 g/mol. The van der Waals surface area contributed by atoms with Crippen LogP contribution >= 0.6 is 0 Å². The number of aromatic amines is 8. The van der Waals surface area contributed by atoms with Crippen LogP contribution in [0.1, 0.15) is 80.0 Å². The third-order valence-electron chi connectivity index (χ3n) is 28.0. The van der Waals surface area contributed by atoms with Crippen molar-refractivity contribution < 1.29 is 4.79 Å². The Balaban J connectivity index is 0.000000104. The minimum atomic E-state index is 0.0825. The van der Waals surface area contributed by atoms with Crippen molar-refractivity contribution in [1.29, 1.82) is 0 Å². The van der Waals surface area contributed by atoms with E-state index in [0.717, 1.165) is 251 Å². The normalized spacial score (nSPS) is 13.5. The van der Waals surface area contributed by atoms with Gasteiger partial charge in [-0.15, -0.1) is 0 Å². The third kappa shape index (κ3) is 19.5. The fourth-order valence-electron chi connectivity index (χ4n) is 20.4. The van der Waals surface area contributed by atoms with Gasteiger partial charge in [0, 0.05) is 238 Å². The molecule has 0 unspecified atom stereocenters. The number of anilines is 1. The van der Waals surface area contributed by atoms with Gasteiger partial charge in [-0.1, -0.05) is 98.1 Å². The lowest BCUT2D eigenvalue weighted by atomic mass is 10.0. The molecule has 10 N–H and O–H groups in total. The third-order valence-corrected chi connectivity index (χ3v) is 28.0. The van der Waals surface area contributed by atoms with Gasteiger partial charge in [-0.2, -0.15) is 20.4 Å². The van der Waals surface area contributed by atoms with Gasteiger partial charge in [0.2, 0.25) is 5.91 Å². The minimum Gasteiger partial charge on any atom is -0.335 e. The first-order chi connectivity index (χ1) is 74.2. The molecule has 732 valence electrons. The van der Waals surface area contributed by atoms with Crippen LogP contribution in [-0.4, -0.2) is 182 Å². The zero-order chi connectivity index (χ0) is 100. The molecule has 3 fully saturated rings. The van der Waals surface area contributed by atoms with Crippen LogP contribution in [0, 0.1) is 5.92 Å². The number of aromatic nitrogens is 28. The Bertz CT molecular complexity index is 9160. The summed E-state index contributed by atoms with van der Waals surface area (Å²) in [6.45, 7) is 8.13. The van der Waals surface area contributed by atoms with E-state index < -0.39 is 0 Å². The Morgan fingerprint density at radius 1 is 0.273 bits per heavy atom. The molecule has 0 spiro atoms. The molecule has 22 heterocycles. The van der Waals surface area contributed by atoms with Crippen LogP contribution in [0.2, 0.25) is 0 Å². The second kappa shape index (κ2) is 41.6. The maximum atomic E-state index is 12.6. The number of imidazole rings is 4. The minimum absolute atomic E-state index is 0.0825. The SMILES string of the molecule is O=C(Nc1cncc(-c2ccc3[nH]nc(-c4nc5c(-c6cccnc6)cncc5[nH]4)c3c2)c1)C1CCCC1.c1ccc(CNCc2cncc(-c3ccc4[nH]nc(-c5nc6c(-c7cccnc7)cncc6[nH]5)c4c3)c2)cc1.c1cncc(-c2cncc3[nH]c(-c4n[nH]c5ccc(-c6cncc(CN7CCCC7)c6)cc45)nc23)c1.c1cncc(-c2cncc3[nH]c(-c4n[nH]c5ccc(-c6cncc(CN7CCCCC7)c6)cc45)nc23)c1. The van der Waals surface area contributed by atoms with Crippen molar-refractivity contribution in [1.82, 2.24) is 156 Å². The molecule has 33 heteroatoms. The van der Waals surface area contributed by atoms with Crippen LogP contribution in [-0.2, 0) is 31.0 Å². The van der Waals surface area contributed by atoms with Gasteiger partial charge in [-0.05, 0) is 206 Å². The van der Waals surface area contributed by atoms with Gasteiger partial charge in [0.05, 0.1) is 80.8 Å². The molecule has 0 atom stereocenters. The average molecular weight is 1970 g/mol. The van der Waals surface area contributed by atoms with Gasteiger partial charge in [0.15, 0.2) is 23.3 Å². The molecule has 0 bridgehead atoms. The first kappa shape index (κ1) is 92.2. The highest BCUT2D eigenvalue weighted by molar-refractivity contribution is 6.04. The Hall–Kier alpha value is -19.0. The van der Waals surface area contributed by atoms with E-state index in [2.05, 4.69) is 238 Å². The number of hydrogen-bond acceptors (Lipinski definition) is 24. The Kier molecular flexibility index (Phi) is 25.6. The lowest BCUT2D eigenvalue weighted by Crippen LogP contribution is -2.29. The van der Waals surface area contributed by atoms with Gasteiger partial charge in [-0.25, -0.2) is 19.9 Å². The monoisotopic (exact) mass is 1970 g/mol. The molecule has 1 amide bonds. The van der Waals surface area contributed by atoms with E-state index in [1.54, 1.807) is 74.4 Å². The van der Waals surface area contributed by atoms with E-state index in [0.29, 0.717) is 34.7 Å². The number of nitrogens with one attached hydrogen (secondary N) is 10. The number of rotatable bonds is 22. The van der Waals surface area contributed by atoms with Crippen molar-refractivity contribution in [3.63, 3.8) is 0 Å². The molecule has 33 nitrogen and oxygen atoms in total. The molecule has 2 saturated heterocycles. The standard InChI is InChI=1S/C31H24N8.C29H24N8O.C29H26N8.C28H24N8/c1-2-5-20(6-3-1)13-33-14-21-11-24(17-34-15-21)22-8-9-27-25(12-22)30(39-38-27)31-36-28-19-35-18-26(29(28)37-31)23-7-4-10-32-16-23;38-29(17-4-1-2-5-17)33-21-10-20(13-31-14-21)18-7-8-24-22(11-18)27(37-36-24)28-34-25-16-32-15-23(26(25)35-28)19-6-3-9-30-12-19;1-2-9-37(10-3-1)18-19-11-22(15-31-13-19)20-6-7-25-23(12-20)28(36-35-25)29-33-26-17-32-16-24(27(26)34-29)21-5-4-8-30-14-21;1-2-9-36(8-1)17-18-10-21(14-30-12-18)19-5-6-24-22(11-19)27(35-34-24)28-32-25-16-31-15-23(26(25)33-28)20-4-3-7-29-13-20/h1-12,15-19,33H,13-14H2,(H,36,37)(H,38,39);3,6-17H,1-2,4-5H2,(H,33,38)(H,34,35)(H,36,37);4-8,11-17H,1-3,9-10,18H2,(H,33,34)(H,35,36);3-7,10-16H,1-2,8-9,17H2,(H,32,33)(H,34,35). The molecule has 0 radical (unpaired) electrons. The van der Waals surface area contributed by atoms with E-state index in [-0.39, 0.29) is 11.8 Å². The topological polar surface area (TPSA) is 432 Å². The number of likely N-dealkylation sites (tertiary alicyclic amines) is 2. The number of nitrogens with zero attached hydrogens (tertiary/aromatic N) is 22. The molecule has 5 aromatic carbocycles. The van der Waals surface area contributed by atoms with Gasteiger partial charge in [0.25, 0.3) is 0 Å². The predicted octanol–water partition coefficient (Wildman–Crippen LogP) is 22.5. The highest BCUT2D eigenvalue weighted by Gasteiger charge is 2.27. The summed E-state index contributed by atoms with van der Waals surface area (Å²) in [6, 6.07) is 59.8. The number of benzene rings is 5. The number of amides is 1. The van der Waals surface area contributed by atoms with Crippen molar-refractivity contribution in [2.24, 2.45) is 5.92 Å². The van der Waals surface area contributed by atoms with Gasteiger partial charge in [-0.3, -0.25) is 94.8 Å². The second-order valence-electron chi connectivity index (χ2n) is 38.1. The predicted molar refractivity (Wildman–Crippen MR) is 583 cm³/mol. The first-order valence-electron chi connectivity index (χ1n) is 50.4. The summed E-state index contributed by atoms with van der Waals surface area (Å²) >= 11 is 0. The second-order valence-corrected chi connectivity index (χ2v) is 38.1. The molecule has 3 aliphatic rings. The van der Waals surface area contributed by atoms with Crippen LogP contribution in [0.4, 0.5) is 5.69 Å². The quantitative estimate of drug-likeness (QED) is 0.0301. The number of H-pyrrole nitrogens is 8. The largest absolute Gasteiger partial charge is 0.335 e. The van der Waals surface area contributed by atoms with Gasteiger partial charge in [0.1, 0.15) is 44.8 Å². The van der Waals surface area contributed by atoms with E-state index in [9.17, 15) is 4.79 Å². The van der Waals surface area contributed by atoms with Gasteiger partial charge < -0.3 is 30.6 Å². The number of piperidine rings is 1. The summed E-state index contributed by atoms with van der Waals surface area (Å²) in [5, 5.41) is 41.5. The molecule has 20 aromatic heterocycles. The number of pyridine rings is 12. The number of carbonyl (C=O) groups excluding carboxylic acids is 1. The fourth-order valence-corrected chi connectivity index (χ4v) is 20.4.